The summed E-state index contributed by atoms with van der Waals surface area (Å²) in [4.78, 5) is 16.2. The van der Waals surface area contributed by atoms with Crippen LogP contribution in [0.4, 0.5) is 11.4 Å². The molecule has 2 aliphatic rings. The van der Waals surface area contributed by atoms with Crippen molar-refractivity contribution in [3.05, 3.63) is 22.7 Å². The average Bonchev–Trinajstić information content (AvgIpc) is 2.65. The zero-order valence-corrected chi connectivity index (χ0v) is 12.4. The predicted molar refractivity (Wildman–Crippen MR) is 81.3 cm³/mol. The van der Waals surface area contributed by atoms with Gasteiger partial charge in [-0.2, -0.15) is 0 Å². The van der Waals surface area contributed by atoms with E-state index in [-0.39, 0.29) is 5.91 Å². The Morgan fingerprint density at radius 3 is 2.85 bits per heavy atom. The molecule has 0 bridgehead atoms. The van der Waals surface area contributed by atoms with Crippen molar-refractivity contribution in [2.75, 3.05) is 36.9 Å². The van der Waals surface area contributed by atoms with Gasteiger partial charge in [-0.3, -0.25) is 4.79 Å². The molecule has 2 atom stereocenters. The molecule has 0 saturated carbocycles. The number of fused-ring (bicyclic) bond motifs is 1. The highest BCUT2D eigenvalue weighted by Crippen LogP contribution is 2.39. The molecule has 0 aromatic heterocycles. The van der Waals surface area contributed by atoms with Gasteiger partial charge in [-0.15, -0.1) is 0 Å². The fourth-order valence-electron chi connectivity index (χ4n) is 3.01. The number of amides is 1. The first-order valence-electron chi connectivity index (χ1n) is 6.82. The average molecular weight is 295 g/mol. The Morgan fingerprint density at radius 2 is 2.15 bits per heavy atom. The zero-order valence-electron chi connectivity index (χ0n) is 11.7. The number of nitrogens with two attached hydrogens (primary N) is 1. The quantitative estimate of drug-likeness (QED) is 0.823. The molecule has 20 heavy (non-hydrogen) atoms. The van der Waals surface area contributed by atoms with Crippen LogP contribution in [-0.2, 0) is 4.79 Å². The van der Waals surface area contributed by atoms with Gasteiger partial charge in [0, 0.05) is 36.9 Å². The predicted octanol–water partition coefficient (Wildman–Crippen LogP) is 1.43. The molecule has 3 N–H and O–H groups in total. The van der Waals surface area contributed by atoms with Crippen LogP contribution in [0.25, 0.3) is 0 Å². The van der Waals surface area contributed by atoms with Crippen molar-refractivity contribution in [2.45, 2.75) is 19.0 Å². The van der Waals surface area contributed by atoms with Gasteiger partial charge in [0.05, 0.1) is 10.7 Å². The summed E-state index contributed by atoms with van der Waals surface area (Å²) in [6.07, 6.45) is 0. The third-order valence-electron chi connectivity index (χ3n) is 4.13. The van der Waals surface area contributed by atoms with E-state index in [1.807, 2.05) is 12.1 Å². The van der Waals surface area contributed by atoms with Crippen molar-refractivity contribution in [1.29, 1.82) is 0 Å². The molecule has 2 aliphatic heterocycles. The van der Waals surface area contributed by atoms with Crippen LogP contribution in [0.3, 0.4) is 0 Å². The second-order valence-corrected chi connectivity index (χ2v) is 6.07. The van der Waals surface area contributed by atoms with Crippen LogP contribution in [-0.4, -0.2) is 43.5 Å². The van der Waals surface area contributed by atoms with E-state index in [1.54, 1.807) is 0 Å². The largest absolute Gasteiger partial charge is 0.365 e. The van der Waals surface area contributed by atoms with E-state index in [1.165, 1.54) is 0 Å². The molecule has 3 rings (SSSR count). The molecular weight excluding hydrogens is 276 g/mol. The van der Waals surface area contributed by atoms with E-state index in [9.17, 15) is 4.79 Å². The number of benzene rings is 1. The first-order chi connectivity index (χ1) is 9.47. The molecule has 1 fully saturated rings. The summed E-state index contributed by atoms with van der Waals surface area (Å²) >= 11 is 6.41. The third kappa shape index (κ3) is 2.16. The number of likely N-dealkylation sites (N-methyl/N-ethyl adjacent to an activating group) is 1. The topological polar surface area (TPSA) is 61.6 Å². The molecular formula is C14H19ClN4O. The maximum atomic E-state index is 11.6. The van der Waals surface area contributed by atoms with Crippen molar-refractivity contribution in [2.24, 2.45) is 5.73 Å². The minimum atomic E-state index is -0.610. The lowest BCUT2D eigenvalue weighted by Gasteiger charge is -2.40. The van der Waals surface area contributed by atoms with E-state index >= 15 is 0 Å². The lowest BCUT2D eigenvalue weighted by atomic mass is 10.1. The Balaban J connectivity index is 1.96. The third-order valence-corrected chi connectivity index (χ3v) is 4.44. The molecule has 108 valence electrons. The van der Waals surface area contributed by atoms with E-state index in [0.29, 0.717) is 11.1 Å². The number of hydrogen-bond acceptors (Lipinski definition) is 4. The monoisotopic (exact) mass is 294 g/mol. The smallest absolute Gasteiger partial charge is 0.245 e. The number of nitrogens with zero attached hydrogens (tertiary/aromatic N) is 2. The van der Waals surface area contributed by atoms with Crippen molar-refractivity contribution in [3.63, 3.8) is 0 Å². The Morgan fingerprint density at radius 1 is 1.40 bits per heavy atom. The van der Waals surface area contributed by atoms with Crippen LogP contribution in [0.5, 0.6) is 0 Å². The molecule has 2 unspecified atom stereocenters. The maximum absolute atomic E-state index is 11.6. The Labute approximate surface area is 123 Å². The van der Waals surface area contributed by atoms with Crippen LogP contribution < -0.4 is 16.0 Å². The van der Waals surface area contributed by atoms with E-state index < -0.39 is 6.04 Å². The van der Waals surface area contributed by atoms with Gasteiger partial charge >= 0.3 is 0 Å². The van der Waals surface area contributed by atoms with E-state index in [2.05, 4.69) is 29.1 Å². The van der Waals surface area contributed by atoms with Gasteiger partial charge in [0.15, 0.2) is 0 Å². The molecule has 6 heteroatoms. The van der Waals surface area contributed by atoms with Gasteiger partial charge in [-0.25, -0.2) is 0 Å². The van der Waals surface area contributed by atoms with Crippen molar-refractivity contribution in [3.8, 4) is 0 Å². The molecule has 1 saturated heterocycles. The van der Waals surface area contributed by atoms with Gasteiger partial charge < -0.3 is 20.9 Å². The van der Waals surface area contributed by atoms with Gasteiger partial charge in [0.25, 0.3) is 0 Å². The highest BCUT2D eigenvalue weighted by molar-refractivity contribution is 6.33. The molecule has 1 aromatic rings. The number of hydrogen-bond donors (Lipinski definition) is 2. The summed E-state index contributed by atoms with van der Waals surface area (Å²) in [5.74, 6) is -0.167. The van der Waals surface area contributed by atoms with Crippen LogP contribution in [0.15, 0.2) is 12.1 Å². The van der Waals surface area contributed by atoms with Gasteiger partial charge in [-0.1, -0.05) is 11.6 Å². The first kappa shape index (κ1) is 13.7. The summed E-state index contributed by atoms with van der Waals surface area (Å²) in [6.45, 7) is 5.11. The number of halogens is 1. The zero-order chi connectivity index (χ0) is 14.4. The van der Waals surface area contributed by atoms with Gasteiger partial charge in [-0.05, 0) is 26.1 Å². The lowest BCUT2D eigenvalue weighted by molar-refractivity contribution is -0.116. The standard InChI is InChI=1S/C14H19ClN4O/c1-8-7-18(2)3-4-19(8)12-6-11-9(5-10(12)15)13(16)14(20)17-11/h5-6,8,13H,3-4,7,16H2,1-2H3,(H,17,20). The van der Waals surface area contributed by atoms with Crippen molar-refractivity contribution < 1.29 is 4.79 Å². The summed E-state index contributed by atoms with van der Waals surface area (Å²) in [7, 11) is 2.12. The molecule has 2 heterocycles. The summed E-state index contributed by atoms with van der Waals surface area (Å²) in [6, 6.07) is 3.54. The van der Waals surface area contributed by atoms with Crippen LogP contribution in [0, 0.1) is 0 Å². The molecule has 1 amide bonds. The van der Waals surface area contributed by atoms with Crippen molar-refractivity contribution >= 4 is 28.9 Å². The highest BCUT2D eigenvalue weighted by atomic mass is 35.5. The maximum Gasteiger partial charge on any atom is 0.245 e. The van der Waals surface area contributed by atoms with Crippen LogP contribution >= 0.6 is 11.6 Å². The van der Waals surface area contributed by atoms with Crippen LogP contribution in [0.1, 0.15) is 18.5 Å². The number of carbonyl (C=O) groups is 1. The fraction of sp³-hybridized carbons (Fsp3) is 0.500. The summed E-state index contributed by atoms with van der Waals surface area (Å²) in [5, 5.41) is 3.48. The Kier molecular flexibility index (Phi) is 3.36. The van der Waals surface area contributed by atoms with E-state index in [4.69, 9.17) is 17.3 Å². The highest BCUT2D eigenvalue weighted by Gasteiger charge is 2.30. The molecule has 0 radical (unpaired) electrons. The fourth-order valence-corrected chi connectivity index (χ4v) is 3.29. The lowest BCUT2D eigenvalue weighted by Crippen LogP contribution is -2.50. The van der Waals surface area contributed by atoms with Crippen LogP contribution in [0.2, 0.25) is 5.02 Å². The number of nitrogens with one attached hydrogen (secondary N) is 1. The summed E-state index contributed by atoms with van der Waals surface area (Å²) < 4.78 is 0. The minimum Gasteiger partial charge on any atom is -0.365 e. The number of carbonyl (C=O) groups excluding carboxylic acids is 1. The molecule has 0 spiro atoms. The molecule has 1 aromatic carbocycles. The number of rotatable bonds is 1. The normalized spacial score (nSPS) is 26.6. The minimum absolute atomic E-state index is 0.167. The Bertz CT molecular complexity index is 562. The molecule has 5 nitrogen and oxygen atoms in total. The number of piperazine rings is 1. The van der Waals surface area contributed by atoms with Crippen molar-refractivity contribution in [1.82, 2.24) is 4.90 Å². The number of anilines is 2. The SMILES string of the molecule is CC1CN(C)CCN1c1cc2c(cc1Cl)C(N)C(=O)N2. The second kappa shape index (κ2) is 4.91. The Hall–Kier alpha value is -1.30. The summed E-state index contributed by atoms with van der Waals surface area (Å²) in [5.41, 5.74) is 8.38. The molecule has 0 aliphatic carbocycles. The van der Waals surface area contributed by atoms with Gasteiger partial charge in [0.2, 0.25) is 5.91 Å². The second-order valence-electron chi connectivity index (χ2n) is 5.66. The van der Waals surface area contributed by atoms with Gasteiger partial charge in [0.1, 0.15) is 6.04 Å². The van der Waals surface area contributed by atoms with E-state index in [0.717, 1.165) is 36.6 Å². The first-order valence-corrected chi connectivity index (χ1v) is 7.20.